The second-order valence-corrected chi connectivity index (χ2v) is 5.62. The molecule has 0 spiro atoms. The van der Waals surface area contributed by atoms with E-state index in [0.29, 0.717) is 5.92 Å². The minimum atomic E-state index is -0.795. The molecular formula is C15H22O2. The maximum Gasteiger partial charge on any atom is 0.128 e. The van der Waals surface area contributed by atoms with Crippen molar-refractivity contribution in [3.8, 4) is 5.75 Å². The number of rotatable bonds is 3. The lowest BCUT2D eigenvalue weighted by Crippen LogP contribution is -2.26. The maximum absolute atomic E-state index is 10.6. The van der Waals surface area contributed by atoms with E-state index in [1.807, 2.05) is 19.1 Å². The molecule has 0 aliphatic carbocycles. The molecule has 94 valence electrons. The van der Waals surface area contributed by atoms with E-state index >= 15 is 0 Å². The van der Waals surface area contributed by atoms with Crippen molar-refractivity contribution in [1.82, 2.24) is 0 Å². The Morgan fingerprint density at radius 1 is 1.41 bits per heavy atom. The molecule has 1 N–H and O–H groups in total. The van der Waals surface area contributed by atoms with Crippen LogP contribution in [0.3, 0.4) is 0 Å². The first-order valence-corrected chi connectivity index (χ1v) is 6.48. The van der Waals surface area contributed by atoms with Gasteiger partial charge in [0.25, 0.3) is 0 Å². The van der Waals surface area contributed by atoms with Crippen LogP contribution in [0.4, 0.5) is 0 Å². The van der Waals surface area contributed by atoms with E-state index in [9.17, 15) is 5.11 Å². The normalized spacial score (nSPS) is 18.4. The lowest BCUT2D eigenvalue weighted by Gasteiger charge is -2.30. The first kappa shape index (κ1) is 12.4. The van der Waals surface area contributed by atoms with E-state index < -0.39 is 5.60 Å². The quantitative estimate of drug-likeness (QED) is 0.869. The molecule has 0 amide bonds. The van der Waals surface area contributed by atoms with Gasteiger partial charge in [-0.05, 0) is 37.7 Å². The average Bonchev–Trinajstić information content (AvgIpc) is 2.26. The fourth-order valence-electron chi connectivity index (χ4n) is 2.72. The van der Waals surface area contributed by atoms with Gasteiger partial charge in [-0.2, -0.15) is 0 Å². The van der Waals surface area contributed by atoms with E-state index in [1.165, 1.54) is 5.56 Å². The van der Waals surface area contributed by atoms with E-state index in [0.717, 1.165) is 37.2 Å². The summed E-state index contributed by atoms with van der Waals surface area (Å²) in [6.07, 6.45) is 2.89. The summed E-state index contributed by atoms with van der Waals surface area (Å²) >= 11 is 0. The smallest absolute Gasteiger partial charge is 0.128 e. The van der Waals surface area contributed by atoms with Crippen LogP contribution in [0, 0.1) is 5.92 Å². The molecule has 1 aliphatic heterocycles. The van der Waals surface area contributed by atoms with E-state index in [2.05, 4.69) is 19.9 Å². The van der Waals surface area contributed by atoms with Gasteiger partial charge in [-0.3, -0.25) is 0 Å². The van der Waals surface area contributed by atoms with Crippen LogP contribution in [-0.2, 0) is 12.0 Å². The summed E-state index contributed by atoms with van der Waals surface area (Å²) in [5.41, 5.74) is 1.39. The van der Waals surface area contributed by atoms with Crippen molar-refractivity contribution in [1.29, 1.82) is 0 Å². The van der Waals surface area contributed by atoms with Crippen LogP contribution in [0.15, 0.2) is 18.2 Å². The number of hydrogen-bond donors (Lipinski definition) is 1. The molecule has 2 rings (SSSR count). The predicted molar refractivity (Wildman–Crippen MR) is 69.3 cm³/mol. The zero-order chi connectivity index (χ0) is 12.5. The molecule has 1 atom stereocenters. The molecule has 0 saturated heterocycles. The lowest BCUT2D eigenvalue weighted by molar-refractivity contribution is 0.0313. The van der Waals surface area contributed by atoms with Gasteiger partial charge >= 0.3 is 0 Å². The predicted octanol–water partition coefficient (Wildman–Crippen LogP) is 3.27. The van der Waals surface area contributed by atoms with Crippen molar-refractivity contribution in [2.75, 3.05) is 6.61 Å². The van der Waals surface area contributed by atoms with Crippen LogP contribution < -0.4 is 4.74 Å². The molecule has 1 aliphatic rings. The van der Waals surface area contributed by atoms with E-state index in [1.54, 1.807) is 0 Å². The molecule has 2 nitrogen and oxygen atoms in total. The van der Waals surface area contributed by atoms with Crippen molar-refractivity contribution >= 4 is 0 Å². The van der Waals surface area contributed by atoms with Gasteiger partial charge in [-0.1, -0.05) is 32.0 Å². The van der Waals surface area contributed by atoms with Crippen LogP contribution in [0.5, 0.6) is 5.75 Å². The number of aliphatic hydroxyl groups is 1. The highest BCUT2D eigenvalue weighted by molar-refractivity contribution is 5.45. The number of fused-ring (bicyclic) bond motifs is 1. The Morgan fingerprint density at radius 3 is 2.88 bits per heavy atom. The first-order valence-electron chi connectivity index (χ1n) is 6.48. The summed E-state index contributed by atoms with van der Waals surface area (Å²) in [5, 5.41) is 10.6. The molecule has 1 unspecified atom stereocenters. The molecule has 0 radical (unpaired) electrons. The Balaban J connectivity index is 2.37. The molecule has 0 saturated carbocycles. The van der Waals surface area contributed by atoms with Crippen molar-refractivity contribution in [2.24, 2.45) is 5.92 Å². The monoisotopic (exact) mass is 234 g/mol. The van der Waals surface area contributed by atoms with Crippen molar-refractivity contribution < 1.29 is 9.84 Å². The van der Waals surface area contributed by atoms with Gasteiger partial charge in [0.1, 0.15) is 5.75 Å². The van der Waals surface area contributed by atoms with Gasteiger partial charge in [0.15, 0.2) is 0 Å². The van der Waals surface area contributed by atoms with Gasteiger partial charge in [0.2, 0.25) is 0 Å². The lowest BCUT2D eigenvalue weighted by atomic mass is 9.85. The molecule has 1 aromatic carbocycles. The first-order chi connectivity index (χ1) is 8.00. The number of para-hydroxylation sites is 1. The third-order valence-corrected chi connectivity index (χ3v) is 3.32. The molecule has 0 aromatic heterocycles. The van der Waals surface area contributed by atoms with Crippen LogP contribution >= 0.6 is 0 Å². The molecule has 0 fully saturated rings. The zero-order valence-corrected chi connectivity index (χ0v) is 11.0. The largest absolute Gasteiger partial charge is 0.493 e. The molecule has 1 heterocycles. The second kappa shape index (κ2) is 4.69. The number of hydrogen-bond acceptors (Lipinski definition) is 2. The number of ether oxygens (including phenoxy) is 1. The highest BCUT2D eigenvalue weighted by Gasteiger charge is 2.29. The fraction of sp³-hybridized carbons (Fsp3) is 0.600. The van der Waals surface area contributed by atoms with Crippen molar-refractivity contribution in [2.45, 2.75) is 45.6 Å². The fourth-order valence-corrected chi connectivity index (χ4v) is 2.72. The molecule has 1 aromatic rings. The van der Waals surface area contributed by atoms with Gasteiger partial charge in [0, 0.05) is 5.56 Å². The van der Waals surface area contributed by atoms with Crippen LogP contribution in [0.25, 0.3) is 0 Å². The summed E-state index contributed by atoms with van der Waals surface area (Å²) in [4.78, 5) is 0. The maximum atomic E-state index is 10.6. The number of aryl methyl sites for hydroxylation is 1. The molecule has 0 bridgehead atoms. The molecule has 2 heteroatoms. The van der Waals surface area contributed by atoms with Gasteiger partial charge in [0.05, 0.1) is 12.2 Å². The van der Waals surface area contributed by atoms with Gasteiger partial charge < -0.3 is 9.84 Å². The third kappa shape index (κ3) is 2.63. The van der Waals surface area contributed by atoms with E-state index in [4.69, 9.17) is 4.74 Å². The zero-order valence-electron chi connectivity index (χ0n) is 11.0. The summed E-state index contributed by atoms with van der Waals surface area (Å²) in [6, 6.07) is 6.12. The molecular weight excluding hydrogens is 212 g/mol. The SMILES string of the molecule is CC(C)CC(C)(O)c1cccc2c1OCCC2. The Kier molecular flexibility index (Phi) is 3.43. The summed E-state index contributed by atoms with van der Waals surface area (Å²) in [6.45, 7) is 6.91. The summed E-state index contributed by atoms with van der Waals surface area (Å²) in [5.74, 6) is 1.38. The van der Waals surface area contributed by atoms with E-state index in [-0.39, 0.29) is 0 Å². The highest BCUT2D eigenvalue weighted by atomic mass is 16.5. The topological polar surface area (TPSA) is 29.5 Å². The van der Waals surface area contributed by atoms with Crippen LogP contribution in [0.1, 0.15) is 44.7 Å². The van der Waals surface area contributed by atoms with Crippen LogP contribution in [-0.4, -0.2) is 11.7 Å². The van der Waals surface area contributed by atoms with Crippen LogP contribution in [0.2, 0.25) is 0 Å². The summed E-state index contributed by atoms with van der Waals surface area (Å²) < 4.78 is 5.76. The third-order valence-electron chi connectivity index (χ3n) is 3.32. The van der Waals surface area contributed by atoms with Gasteiger partial charge in [-0.15, -0.1) is 0 Å². The molecule has 17 heavy (non-hydrogen) atoms. The van der Waals surface area contributed by atoms with Crippen molar-refractivity contribution in [3.05, 3.63) is 29.3 Å². The Bertz CT molecular complexity index is 394. The second-order valence-electron chi connectivity index (χ2n) is 5.62. The number of benzene rings is 1. The van der Waals surface area contributed by atoms with Crippen molar-refractivity contribution in [3.63, 3.8) is 0 Å². The summed E-state index contributed by atoms with van der Waals surface area (Å²) in [7, 11) is 0. The Hall–Kier alpha value is -1.02. The highest BCUT2D eigenvalue weighted by Crippen LogP contribution is 2.38. The average molecular weight is 234 g/mol. The standard InChI is InChI=1S/C15H22O2/c1-11(2)10-15(3,16)13-8-4-6-12-7-5-9-17-14(12)13/h4,6,8,11,16H,5,7,9-10H2,1-3H3. The minimum absolute atomic E-state index is 0.462. The Labute approximate surface area is 104 Å². The Morgan fingerprint density at radius 2 is 2.18 bits per heavy atom. The minimum Gasteiger partial charge on any atom is -0.493 e. The van der Waals surface area contributed by atoms with Gasteiger partial charge in [-0.25, -0.2) is 0 Å².